The van der Waals surface area contributed by atoms with E-state index in [9.17, 15) is 9.59 Å². The number of ether oxygens (including phenoxy) is 1. The van der Waals surface area contributed by atoms with Gasteiger partial charge in [0.2, 0.25) is 0 Å². The number of amides is 1. The minimum absolute atomic E-state index is 0.131. The van der Waals surface area contributed by atoms with Gasteiger partial charge in [0, 0.05) is 15.7 Å². The quantitative estimate of drug-likeness (QED) is 0.382. The first-order valence-corrected chi connectivity index (χ1v) is 12.9. The number of allylic oxidation sites excluding steroid dienone is 1. The van der Waals surface area contributed by atoms with Gasteiger partial charge in [-0.15, -0.1) is 22.7 Å². The first-order chi connectivity index (χ1) is 16.1. The fourth-order valence-corrected chi connectivity index (χ4v) is 6.16. The van der Waals surface area contributed by atoms with Crippen molar-refractivity contribution in [2.24, 2.45) is 11.0 Å². The van der Waals surface area contributed by atoms with E-state index in [1.54, 1.807) is 46.9 Å². The topological polar surface area (TPSA) is 59.0 Å². The lowest BCUT2D eigenvalue weighted by molar-refractivity contribution is -0.136. The smallest absolute Gasteiger partial charge is 0.340 e. The van der Waals surface area contributed by atoms with Crippen LogP contribution >= 0.6 is 34.3 Å². The normalized spacial score (nSPS) is 21.1. The van der Waals surface area contributed by atoms with E-state index < -0.39 is 5.97 Å². The van der Waals surface area contributed by atoms with Crippen molar-refractivity contribution in [2.75, 3.05) is 6.61 Å². The number of hydrazone groups is 1. The van der Waals surface area contributed by atoms with Gasteiger partial charge in [-0.25, -0.2) is 9.80 Å². The Labute approximate surface area is 205 Å². The van der Waals surface area contributed by atoms with Gasteiger partial charge in [0.15, 0.2) is 6.61 Å². The molecule has 0 saturated heterocycles. The maximum Gasteiger partial charge on any atom is 0.340 e. The largest absolute Gasteiger partial charge is 0.452 e. The van der Waals surface area contributed by atoms with Crippen LogP contribution in [-0.2, 0) is 9.53 Å². The van der Waals surface area contributed by atoms with Gasteiger partial charge in [-0.05, 0) is 65.9 Å². The fraction of sp³-hybridized carbons (Fsp3) is 0.240. The number of halogens is 1. The molecule has 2 atom stereocenters. The Balaban J connectivity index is 1.40. The fourth-order valence-electron chi connectivity index (χ4n) is 4.39. The average molecular weight is 497 g/mol. The van der Waals surface area contributed by atoms with E-state index in [1.165, 1.54) is 15.5 Å². The zero-order valence-electron chi connectivity index (χ0n) is 17.6. The van der Waals surface area contributed by atoms with Gasteiger partial charge in [-0.3, -0.25) is 4.79 Å². The van der Waals surface area contributed by atoms with Crippen molar-refractivity contribution in [2.45, 2.75) is 25.3 Å². The number of rotatable bonds is 5. The molecule has 0 spiro atoms. The van der Waals surface area contributed by atoms with Crippen molar-refractivity contribution in [3.63, 3.8) is 0 Å². The average Bonchev–Trinajstić information content (AvgIpc) is 3.58. The van der Waals surface area contributed by atoms with Gasteiger partial charge in [0.05, 0.1) is 22.3 Å². The molecule has 1 aliphatic carbocycles. The Bertz CT molecular complexity index is 1220. The highest BCUT2D eigenvalue weighted by atomic mass is 35.5. The monoisotopic (exact) mass is 496 g/mol. The van der Waals surface area contributed by atoms with Crippen LogP contribution in [0.3, 0.4) is 0 Å². The highest BCUT2D eigenvalue weighted by Gasteiger charge is 2.44. The molecular formula is C25H21ClN2O3S2. The van der Waals surface area contributed by atoms with Crippen LogP contribution in [0.15, 0.2) is 70.0 Å². The second-order valence-electron chi connectivity index (χ2n) is 7.92. The van der Waals surface area contributed by atoms with Crippen LogP contribution < -0.4 is 0 Å². The molecule has 2 aliphatic rings. The van der Waals surface area contributed by atoms with Crippen LogP contribution in [0.4, 0.5) is 0 Å². The van der Waals surface area contributed by atoms with E-state index in [0.29, 0.717) is 5.02 Å². The van der Waals surface area contributed by atoms with Crippen molar-refractivity contribution in [1.82, 2.24) is 5.01 Å². The summed E-state index contributed by atoms with van der Waals surface area (Å²) in [5.41, 5.74) is 2.39. The summed E-state index contributed by atoms with van der Waals surface area (Å²) < 4.78 is 5.32. The summed E-state index contributed by atoms with van der Waals surface area (Å²) in [6, 6.07) is 14.6. The van der Waals surface area contributed by atoms with Gasteiger partial charge < -0.3 is 4.74 Å². The van der Waals surface area contributed by atoms with Crippen molar-refractivity contribution in [3.8, 4) is 0 Å². The van der Waals surface area contributed by atoms with E-state index in [4.69, 9.17) is 21.4 Å². The maximum atomic E-state index is 13.2. The van der Waals surface area contributed by atoms with Crippen LogP contribution in [0.5, 0.6) is 0 Å². The van der Waals surface area contributed by atoms with Gasteiger partial charge in [-0.1, -0.05) is 35.9 Å². The van der Waals surface area contributed by atoms with Gasteiger partial charge in [-0.2, -0.15) is 5.10 Å². The van der Waals surface area contributed by atoms with Crippen molar-refractivity contribution in [1.29, 1.82) is 0 Å². The Morgan fingerprint density at radius 2 is 1.94 bits per heavy atom. The maximum absolute atomic E-state index is 13.2. The zero-order chi connectivity index (χ0) is 22.8. The molecule has 1 amide bonds. The van der Waals surface area contributed by atoms with Gasteiger partial charge in [0.25, 0.3) is 5.91 Å². The van der Waals surface area contributed by atoms with Crippen molar-refractivity contribution >= 4 is 57.9 Å². The summed E-state index contributed by atoms with van der Waals surface area (Å²) >= 11 is 9.39. The molecule has 1 saturated carbocycles. The standard InChI is InChI=1S/C25H21ClN2O3S2/c26-20-10-2-1-8-18(20)25(30)31-15-22(29)28-24(21-11-5-13-33-21)19-9-3-6-16(23(19)27-28)14-17-7-4-12-32-17/h1-2,4-5,7-8,10-14,19,24H,3,6,9,15H2. The molecule has 1 fully saturated rings. The Morgan fingerprint density at radius 1 is 1.12 bits per heavy atom. The van der Waals surface area contributed by atoms with E-state index >= 15 is 0 Å². The predicted molar refractivity (Wildman–Crippen MR) is 133 cm³/mol. The summed E-state index contributed by atoms with van der Waals surface area (Å²) in [4.78, 5) is 28.0. The molecule has 2 aromatic heterocycles. The molecule has 3 heterocycles. The highest BCUT2D eigenvalue weighted by molar-refractivity contribution is 7.11. The number of thiophene rings is 2. The summed E-state index contributed by atoms with van der Waals surface area (Å²) in [6.07, 6.45) is 5.14. The minimum Gasteiger partial charge on any atom is -0.452 e. The Hall–Kier alpha value is -2.74. The van der Waals surface area contributed by atoms with Gasteiger partial charge in [0.1, 0.15) is 0 Å². The minimum atomic E-state index is -0.621. The molecule has 5 rings (SSSR count). The van der Waals surface area contributed by atoms with E-state index in [0.717, 1.165) is 29.9 Å². The molecule has 33 heavy (non-hydrogen) atoms. The van der Waals surface area contributed by atoms with Crippen LogP contribution in [0.25, 0.3) is 6.08 Å². The van der Waals surface area contributed by atoms with Crippen LogP contribution in [0.2, 0.25) is 5.02 Å². The molecule has 3 aromatic rings. The summed E-state index contributed by atoms with van der Waals surface area (Å²) in [5, 5.41) is 10.7. The van der Waals surface area contributed by atoms with Crippen molar-refractivity contribution in [3.05, 3.63) is 85.2 Å². The Morgan fingerprint density at radius 3 is 2.70 bits per heavy atom. The van der Waals surface area contributed by atoms with E-state index in [1.807, 2.05) is 23.6 Å². The highest BCUT2D eigenvalue weighted by Crippen LogP contribution is 2.45. The third kappa shape index (κ3) is 4.53. The lowest BCUT2D eigenvalue weighted by atomic mass is 9.79. The molecule has 1 aromatic carbocycles. The van der Waals surface area contributed by atoms with Crippen LogP contribution in [0.1, 0.15) is 45.4 Å². The van der Waals surface area contributed by atoms with Crippen LogP contribution in [-0.4, -0.2) is 29.2 Å². The van der Waals surface area contributed by atoms with Crippen LogP contribution in [0, 0.1) is 5.92 Å². The molecular weight excluding hydrogens is 476 g/mol. The summed E-state index contributed by atoms with van der Waals surface area (Å²) in [6.45, 7) is -0.389. The first kappa shape index (κ1) is 22.1. The summed E-state index contributed by atoms with van der Waals surface area (Å²) in [7, 11) is 0. The number of carbonyl (C=O) groups excluding carboxylic acids is 2. The Kier molecular flexibility index (Phi) is 6.44. The number of nitrogens with zero attached hydrogens (tertiary/aromatic N) is 2. The predicted octanol–water partition coefficient (Wildman–Crippen LogP) is 6.44. The molecule has 0 radical (unpaired) electrons. The number of carbonyl (C=O) groups is 2. The lowest BCUT2D eigenvalue weighted by Crippen LogP contribution is -2.34. The lowest BCUT2D eigenvalue weighted by Gasteiger charge is -2.28. The van der Waals surface area contributed by atoms with Crippen molar-refractivity contribution < 1.29 is 14.3 Å². The third-order valence-electron chi connectivity index (χ3n) is 5.87. The third-order valence-corrected chi connectivity index (χ3v) is 7.96. The molecule has 168 valence electrons. The number of fused-ring (bicyclic) bond motifs is 1. The molecule has 2 unspecified atom stereocenters. The molecule has 1 aliphatic heterocycles. The molecule has 0 N–H and O–H groups in total. The zero-order valence-corrected chi connectivity index (χ0v) is 20.0. The number of benzene rings is 1. The second kappa shape index (κ2) is 9.63. The number of hydrogen-bond donors (Lipinski definition) is 0. The number of hydrogen-bond acceptors (Lipinski definition) is 6. The molecule has 0 bridgehead atoms. The van der Waals surface area contributed by atoms with E-state index in [-0.39, 0.29) is 30.0 Å². The first-order valence-electron chi connectivity index (χ1n) is 10.7. The van der Waals surface area contributed by atoms with E-state index in [2.05, 4.69) is 17.5 Å². The second-order valence-corrected chi connectivity index (χ2v) is 10.3. The SMILES string of the molecule is O=C(OCC(=O)N1N=C2C(=Cc3cccs3)CCCC2C1c1cccs1)c1ccccc1Cl. The number of esters is 1. The molecule has 5 nitrogen and oxygen atoms in total. The van der Waals surface area contributed by atoms with Gasteiger partial charge >= 0.3 is 5.97 Å². The summed E-state index contributed by atoms with van der Waals surface area (Å²) in [5.74, 6) is -0.831. The molecule has 8 heteroatoms.